The van der Waals surface area contributed by atoms with Crippen molar-refractivity contribution in [3.05, 3.63) is 71.7 Å². The molecule has 0 aromatic heterocycles. The smallest absolute Gasteiger partial charge is 0.202 e. The molecule has 0 amide bonds. The van der Waals surface area contributed by atoms with Gasteiger partial charge in [0.1, 0.15) is 0 Å². The molecule has 2 aliphatic heterocycles. The van der Waals surface area contributed by atoms with E-state index >= 15 is 0 Å². The van der Waals surface area contributed by atoms with E-state index < -0.39 is 7.29 Å². The minimum atomic E-state index is -2.89. The third kappa shape index (κ3) is 3.06. The molecule has 2 heterocycles. The zero-order valence-electron chi connectivity index (χ0n) is 16.3. The highest BCUT2D eigenvalue weighted by Crippen LogP contribution is 2.56. The first kappa shape index (κ1) is 18.5. The molecule has 1 saturated heterocycles. The van der Waals surface area contributed by atoms with Gasteiger partial charge < -0.3 is 9.64 Å². The monoisotopic (exact) mass is 382 g/mol. The summed E-state index contributed by atoms with van der Waals surface area (Å²) in [5.41, 5.74) is 3.38. The van der Waals surface area contributed by atoms with Crippen LogP contribution in [0.25, 0.3) is 0 Å². The zero-order chi connectivity index (χ0) is 19.1. The van der Waals surface area contributed by atoms with E-state index in [0.717, 1.165) is 11.0 Å². The summed E-state index contributed by atoms with van der Waals surface area (Å²) < 4.78 is 22.1. The second kappa shape index (κ2) is 6.94. The molecule has 5 heteroatoms. The number of morpholine rings is 1. The lowest BCUT2D eigenvalue weighted by atomic mass is 9.84. The van der Waals surface area contributed by atoms with E-state index in [1.165, 1.54) is 11.3 Å². The largest absolute Gasteiger partial charge is 0.379 e. The summed E-state index contributed by atoms with van der Waals surface area (Å²) in [6.07, 6.45) is 0. The van der Waals surface area contributed by atoms with Crippen molar-refractivity contribution in [2.75, 3.05) is 38.3 Å². The van der Waals surface area contributed by atoms with Crippen molar-refractivity contribution >= 4 is 18.3 Å². The Kier molecular flexibility index (Phi) is 4.75. The summed E-state index contributed by atoms with van der Waals surface area (Å²) in [6, 6.07) is 18.4. The predicted molar refractivity (Wildman–Crippen MR) is 112 cm³/mol. The van der Waals surface area contributed by atoms with Crippen LogP contribution in [0.3, 0.4) is 0 Å². The minimum Gasteiger partial charge on any atom is -0.379 e. The summed E-state index contributed by atoms with van der Waals surface area (Å²) in [5, 5.41) is 0.888. The Morgan fingerprint density at radius 1 is 1.00 bits per heavy atom. The van der Waals surface area contributed by atoms with Crippen LogP contribution in [0.5, 0.6) is 0 Å². The molecule has 0 saturated carbocycles. The minimum absolute atomic E-state index is 0.192. The van der Waals surface area contributed by atoms with Crippen molar-refractivity contribution < 1.29 is 9.30 Å². The molecule has 0 radical (unpaired) electrons. The fourth-order valence-electron chi connectivity index (χ4n) is 4.21. The third-order valence-electron chi connectivity index (χ3n) is 5.77. The normalized spacial score (nSPS) is 23.2. The highest BCUT2D eigenvalue weighted by molar-refractivity contribution is 7.72. The Morgan fingerprint density at radius 3 is 2.30 bits per heavy atom. The number of anilines is 1. The van der Waals surface area contributed by atoms with Gasteiger partial charge >= 0.3 is 0 Å². The molecule has 27 heavy (non-hydrogen) atoms. The number of para-hydroxylation sites is 1. The SMILES string of the molecule is CN1/C(=C\[P@](=O)(c2ccccc2)N2CCOCC2)C(C)(C)c2ccccc21. The van der Waals surface area contributed by atoms with E-state index in [4.69, 9.17) is 4.74 Å². The van der Waals surface area contributed by atoms with Gasteiger partial charge in [-0.15, -0.1) is 0 Å². The van der Waals surface area contributed by atoms with Crippen LogP contribution >= 0.6 is 7.29 Å². The maximum atomic E-state index is 14.5. The first-order chi connectivity index (χ1) is 12.9. The number of hydrogen-bond donors (Lipinski definition) is 0. The predicted octanol–water partition coefficient (Wildman–Crippen LogP) is 4.19. The Labute approximate surface area is 161 Å². The number of allylic oxidation sites excluding steroid dienone is 1. The maximum Gasteiger partial charge on any atom is 0.202 e. The Bertz CT molecular complexity index is 902. The summed E-state index contributed by atoms with van der Waals surface area (Å²) >= 11 is 0. The first-order valence-electron chi connectivity index (χ1n) is 9.50. The highest BCUT2D eigenvalue weighted by atomic mass is 31.2. The molecule has 0 aliphatic carbocycles. The highest BCUT2D eigenvalue weighted by Gasteiger charge is 2.42. The van der Waals surface area contributed by atoms with Gasteiger partial charge in [0.2, 0.25) is 7.29 Å². The Balaban J connectivity index is 1.86. The number of rotatable bonds is 3. The molecular formula is C22H27N2O2P. The number of likely N-dealkylation sites (N-methyl/N-ethyl adjacent to an activating group) is 1. The van der Waals surface area contributed by atoms with Crippen LogP contribution in [0.1, 0.15) is 19.4 Å². The van der Waals surface area contributed by atoms with E-state index in [1.54, 1.807) is 0 Å². The zero-order valence-corrected chi connectivity index (χ0v) is 17.2. The molecule has 1 fully saturated rings. The average molecular weight is 382 g/mol. The number of ether oxygens (including phenoxy) is 1. The average Bonchev–Trinajstić information content (AvgIpc) is 2.90. The lowest BCUT2D eigenvalue weighted by molar-refractivity contribution is 0.0731. The van der Waals surface area contributed by atoms with Crippen molar-refractivity contribution in [1.82, 2.24) is 4.67 Å². The van der Waals surface area contributed by atoms with Gasteiger partial charge in [-0.2, -0.15) is 0 Å². The summed E-state index contributed by atoms with van der Waals surface area (Å²) in [5.74, 6) is 2.05. The fraction of sp³-hybridized carbons (Fsp3) is 0.364. The lowest BCUT2D eigenvalue weighted by Gasteiger charge is -2.35. The number of nitrogens with zero attached hydrogens (tertiary/aromatic N) is 2. The van der Waals surface area contributed by atoms with Crippen LogP contribution in [-0.2, 0) is 14.7 Å². The molecule has 0 bridgehead atoms. The van der Waals surface area contributed by atoms with E-state index in [1.807, 2.05) is 36.1 Å². The van der Waals surface area contributed by atoms with Gasteiger partial charge in [0.25, 0.3) is 0 Å². The van der Waals surface area contributed by atoms with Gasteiger partial charge in [-0.05, 0) is 23.8 Å². The van der Waals surface area contributed by atoms with Gasteiger partial charge in [0, 0.05) is 48.1 Å². The van der Waals surface area contributed by atoms with Crippen molar-refractivity contribution in [3.63, 3.8) is 0 Å². The second-order valence-electron chi connectivity index (χ2n) is 7.74. The van der Waals surface area contributed by atoms with Crippen molar-refractivity contribution in [1.29, 1.82) is 0 Å². The summed E-state index contributed by atoms with van der Waals surface area (Å²) in [6.45, 7) is 7.06. The van der Waals surface area contributed by atoms with Gasteiger partial charge in [0.05, 0.1) is 13.2 Å². The maximum absolute atomic E-state index is 14.5. The molecule has 0 unspecified atom stereocenters. The Morgan fingerprint density at radius 2 is 1.63 bits per heavy atom. The summed E-state index contributed by atoms with van der Waals surface area (Å²) in [7, 11) is -0.815. The lowest BCUT2D eigenvalue weighted by Crippen LogP contribution is -2.36. The fourth-order valence-corrected chi connectivity index (χ4v) is 7.03. The number of hydrogen-bond acceptors (Lipinski definition) is 3. The third-order valence-corrected chi connectivity index (χ3v) is 8.64. The van der Waals surface area contributed by atoms with Gasteiger partial charge in [-0.25, -0.2) is 4.67 Å². The van der Waals surface area contributed by atoms with Crippen LogP contribution in [-0.4, -0.2) is 38.0 Å². The van der Waals surface area contributed by atoms with Crippen LogP contribution in [0.15, 0.2) is 66.1 Å². The standard InChI is InChI=1S/C22H27N2O2P/c1-22(2)19-11-7-8-12-20(19)23(3)21(22)17-27(25,18-9-5-4-6-10-18)24-13-15-26-16-14-24/h4-12,17H,13-16H2,1-3H3/b21-17-/t27-/m0/s1. The molecule has 1 atom stereocenters. The van der Waals surface area contributed by atoms with Gasteiger partial charge in [-0.3, -0.25) is 4.57 Å². The van der Waals surface area contributed by atoms with Crippen LogP contribution < -0.4 is 10.2 Å². The van der Waals surface area contributed by atoms with Crippen LogP contribution in [0, 0.1) is 0 Å². The molecule has 142 valence electrons. The van der Waals surface area contributed by atoms with Crippen LogP contribution in [0.2, 0.25) is 0 Å². The molecular weight excluding hydrogens is 355 g/mol. The molecule has 2 aromatic rings. The molecule has 2 aliphatic rings. The quantitative estimate of drug-likeness (QED) is 0.746. The van der Waals surface area contributed by atoms with Crippen LogP contribution in [0.4, 0.5) is 5.69 Å². The van der Waals surface area contributed by atoms with Crippen molar-refractivity contribution in [2.45, 2.75) is 19.3 Å². The summed E-state index contributed by atoms with van der Waals surface area (Å²) in [4.78, 5) is 2.20. The van der Waals surface area contributed by atoms with E-state index in [0.29, 0.717) is 26.3 Å². The second-order valence-corrected chi connectivity index (χ2v) is 10.3. The molecule has 2 aromatic carbocycles. The van der Waals surface area contributed by atoms with Gasteiger partial charge in [-0.1, -0.05) is 50.2 Å². The topological polar surface area (TPSA) is 32.8 Å². The molecule has 0 N–H and O–H groups in total. The first-order valence-corrected chi connectivity index (χ1v) is 11.2. The Hall–Kier alpha value is -1.87. The van der Waals surface area contributed by atoms with E-state index in [9.17, 15) is 4.57 Å². The number of benzene rings is 2. The van der Waals surface area contributed by atoms with E-state index in [2.05, 4.69) is 54.7 Å². The molecule has 4 rings (SSSR count). The van der Waals surface area contributed by atoms with Gasteiger partial charge in [0.15, 0.2) is 0 Å². The van der Waals surface area contributed by atoms with E-state index in [-0.39, 0.29) is 5.41 Å². The molecule has 4 nitrogen and oxygen atoms in total. The van der Waals surface area contributed by atoms with Crippen molar-refractivity contribution in [3.8, 4) is 0 Å². The number of fused-ring (bicyclic) bond motifs is 1. The van der Waals surface area contributed by atoms with Crippen molar-refractivity contribution in [2.24, 2.45) is 0 Å². The molecule has 0 spiro atoms.